The van der Waals surface area contributed by atoms with Gasteiger partial charge in [-0.15, -0.1) is 0 Å². The van der Waals surface area contributed by atoms with Gasteiger partial charge in [-0.2, -0.15) is 0 Å². The zero-order valence-electron chi connectivity index (χ0n) is 10.8. The van der Waals surface area contributed by atoms with Crippen LogP contribution in [0.1, 0.15) is 5.69 Å². The first-order valence-corrected chi connectivity index (χ1v) is 6.13. The van der Waals surface area contributed by atoms with Gasteiger partial charge >= 0.3 is 0 Å². The van der Waals surface area contributed by atoms with Crippen LogP contribution in [0.5, 0.6) is 0 Å². The van der Waals surface area contributed by atoms with Crippen LogP contribution in [0.4, 0.5) is 5.69 Å². The Morgan fingerprint density at radius 2 is 1.55 bits per heavy atom. The molecule has 0 saturated heterocycles. The minimum Gasteiger partial charge on any atom is -0.258 e. The summed E-state index contributed by atoms with van der Waals surface area (Å²) in [6.07, 6.45) is 0. The van der Waals surface area contributed by atoms with Crippen LogP contribution in [0.3, 0.4) is 0 Å². The molecule has 0 bridgehead atoms. The Labute approximate surface area is 115 Å². The highest BCUT2D eigenvalue weighted by Crippen LogP contribution is 2.24. The maximum absolute atomic E-state index is 10.7. The van der Waals surface area contributed by atoms with Gasteiger partial charge in [0.1, 0.15) is 0 Å². The van der Waals surface area contributed by atoms with Crippen LogP contribution in [0.2, 0.25) is 0 Å². The zero-order chi connectivity index (χ0) is 14.1. The quantitative estimate of drug-likeness (QED) is 0.525. The molecular weight excluding hydrogens is 254 g/mol. The SMILES string of the molecule is Cc1nc2ccccc2nc1-c1ccc([N+](=O)[O-])cc1. The van der Waals surface area contributed by atoms with Crippen molar-refractivity contribution in [1.82, 2.24) is 9.97 Å². The first kappa shape index (κ1) is 12.2. The molecule has 1 heterocycles. The standard InChI is InChI=1S/C15H11N3O2/c1-10-15(11-6-8-12(9-7-11)18(19)20)17-14-5-3-2-4-13(14)16-10/h2-9H,1H3. The second-order valence-corrected chi connectivity index (χ2v) is 4.45. The van der Waals surface area contributed by atoms with E-state index in [-0.39, 0.29) is 5.69 Å². The summed E-state index contributed by atoms with van der Waals surface area (Å²) in [6.45, 7) is 1.89. The van der Waals surface area contributed by atoms with Crippen LogP contribution in [0.15, 0.2) is 48.5 Å². The number of benzene rings is 2. The summed E-state index contributed by atoms with van der Waals surface area (Å²) < 4.78 is 0. The number of para-hydroxylation sites is 2. The lowest BCUT2D eigenvalue weighted by Gasteiger charge is -2.06. The molecule has 1 aromatic heterocycles. The van der Waals surface area contributed by atoms with E-state index in [1.54, 1.807) is 12.1 Å². The first-order chi connectivity index (χ1) is 9.65. The molecule has 0 saturated carbocycles. The van der Waals surface area contributed by atoms with E-state index in [2.05, 4.69) is 9.97 Å². The Morgan fingerprint density at radius 1 is 0.950 bits per heavy atom. The van der Waals surface area contributed by atoms with Crippen LogP contribution >= 0.6 is 0 Å². The van der Waals surface area contributed by atoms with Crippen molar-refractivity contribution >= 4 is 16.7 Å². The van der Waals surface area contributed by atoms with Gasteiger partial charge in [0.2, 0.25) is 0 Å². The van der Waals surface area contributed by atoms with Crippen LogP contribution in [0, 0.1) is 17.0 Å². The maximum atomic E-state index is 10.7. The number of non-ortho nitro benzene ring substituents is 1. The minimum absolute atomic E-state index is 0.0696. The Morgan fingerprint density at radius 3 is 2.15 bits per heavy atom. The van der Waals surface area contributed by atoms with Crippen molar-refractivity contribution in [2.45, 2.75) is 6.92 Å². The molecule has 0 atom stereocenters. The lowest BCUT2D eigenvalue weighted by Crippen LogP contribution is -1.94. The Bertz CT molecular complexity index is 798. The molecule has 20 heavy (non-hydrogen) atoms. The molecule has 0 spiro atoms. The lowest BCUT2D eigenvalue weighted by molar-refractivity contribution is -0.384. The summed E-state index contributed by atoms with van der Waals surface area (Å²) in [6, 6.07) is 14.0. The van der Waals surface area contributed by atoms with Gasteiger partial charge in [0.05, 0.1) is 27.3 Å². The molecule has 0 N–H and O–H groups in total. The Balaban J connectivity index is 2.13. The van der Waals surface area contributed by atoms with Crippen LogP contribution in [-0.2, 0) is 0 Å². The number of nitro benzene ring substituents is 1. The number of aromatic nitrogens is 2. The zero-order valence-corrected chi connectivity index (χ0v) is 10.8. The number of fused-ring (bicyclic) bond motifs is 1. The van der Waals surface area contributed by atoms with Crippen molar-refractivity contribution < 1.29 is 4.92 Å². The van der Waals surface area contributed by atoms with Crippen molar-refractivity contribution in [3.05, 3.63) is 64.3 Å². The molecule has 2 aromatic carbocycles. The Hall–Kier alpha value is -2.82. The van der Waals surface area contributed by atoms with E-state index in [4.69, 9.17) is 0 Å². The van der Waals surface area contributed by atoms with E-state index in [1.807, 2.05) is 31.2 Å². The maximum Gasteiger partial charge on any atom is 0.269 e. The number of nitrogens with zero attached hydrogens (tertiary/aromatic N) is 3. The van der Waals surface area contributed by atoms with Crippen LogP contribution in [-0.4, -0.2) is 14.9 Å². The first-order valence-electron chi connectivity index (χ1n) is 6.13. The van der Waals surface area contributed by atoms with E-state index < -0.39 is 4.92 Å². The van der Waals surface area contributed by atoms with Gasteiger partial charge in [0.25, 0.3) is 5.69 Å². The van der Waals surface area contributed by atoms with Gasteiger partial charge in [0, 0.05) is 17.7 Å². The second kappa shape index (κ2) is 4.70. The fourth-order valence-corrected chi connectivity index (χ4v) is 2.10. The molecule has 5 heteroatoms. The molecule has 0 radical (unpaired) electrons. The molecule has 0 aliphatic heterocycles. The van der Waals surface area contributed by atoms with Gasteiger partial charge in [-0.3, -0.25) is 10.1 Å². The normalized spacial score (nSPS) is 10.7. The third-order valence-electron chi connectivity index (χ3n) is 3.10. The van der Waals surface area contributed by atoms with E-state index >= 15 is 0 Å². The van der Waals surface area contributed by atoms with Crippen LogP contribution < -0.4 is 0 Å². The molecule has 0 fully saturated rings. The van der Waals surface area contributed by atoms with Crippen molar-refractivity contribution in [1.29, 1.82) is 0 Å². The van der Waals surface area contributed by atoms with Crippen LogP contribution in [0.25, 0.3) is 22.3 Å². The second-order valence-electron chi connectivity index (χ2n) is 4.45. The minimum atomic E-state index is -0.414. The molecule has 5 nitrogen and oxygen atoms in total. The number of rotatable bonds is 2. The van der Waals surface area contributed by atoms with E-state index in [1.165, 1.54) is 12.1 Å². The number of hydrogen-bond donors (Lipinski definition) is 0. The fraction of sp³-hybridized carbons (Fsp3) is 0.0667. The summed E-state index contributed by atoms with van der Waals surface area (Å²) in [7, 11) is 0. The summed E-state index contributed by atoms with van der Waals surface area (Å²) in [5, 5.41) is 10.7. The van der Waals surface area contributed by atoms with Crippen molar-refractivity contribution in [2.75, 3.05) is 0 Å². The van der Waals surface area contributed by atoms with E-state index in [0.29, 0.717) is 0 Å². The number of aryl methyl sites for hydroxylation is 1. The third kappa shape index (κ3) is 2.09. The van der Waals surface area contributed by atoms with Gasteiger partial charge in [-0.1, -0.05) is 12.1 Å². The number of nitro groups is 1. The summed E-state index contributed by atoms with van der Waals surface area (Å²) in [4.78, 5) is 19.4. The average Bonchev–Trinajstić information content (AvgIpc) is 2.46. The molecule has 98 valence electrons. The summed E-state index contributed by atoms with van der Waals surface area (Å²) >= 11 is 0. The average molecular weight is 265 g/mol. The molecule has 0 unspecified atom stereocenters. The molecule has 3 rings (SSSR count). The smallest absolute Gasteiger partial charge is 0.258 e. The van der Waals surface area contributed by atoms with Gasteiger partial charge in [-0.05, 0) is 31.2 Å². The molecule has 3 aromatic rings. The third-order valence-corrected chi connectivity index (χ3v) is 3.10. The highest BCUT2D eigenvalue weighted by Gasteiger charge is 2.10. The van der Waals surface area contributed by atoms with Gasteiger partial charge < -0.3 is 0 Å². The highest BCUT2D eigenvalue weighted by atomic mass is 16.6. The monoisotopic (exact) mass is 265 g/mol. The molecule has 0 aliphatic carbocycles. The van der Waals surface area contributed by atoms with Crippen molar-refractivity contribution in [3.8, 4) is 11.3 Å². The molecular formula is C15H11N3O2. The largest absolute Gasteiger partial charge is 0.269 e. The molecule has 0 aliphatic rings. The van der Waals surface area contributed by atoms with Crippen molar-refractivity contribution in [3.63, 3.8) is 0 Å². The van der Waals surface area contributed by atoms with Crippen molar-refractivity contribution in [2.24, 2.45) is 0 Å². The highest BCUT2D eigenvalue weighted by molar-refractivity contribution is 5.78. The number of hydrogen-bond acceptors (Lipinski definition) is 4. The summed E-state index contributed by atoms with van der Waals surface area (Å²) in [5.74, 6) is 0. The fourth-order valence-electron chi connectivity index (χ4n) is 2.10. The summed E-state index contributed by atoms with van der Waals surface area (Å²) in [5.41, 5.74) is 4.10. The van der Waals surface area contributed by atoms with Gasteiger partial charge in [0.15, 0.2) is 0 Å². The predicted molar refractivity (Wildman–Crippen MR) is 76.4 cm³/mol. The lowest BCUT2D eigenvalue weighted by atomic mass is 10.1. The Kier molecular flexibility index (Phi) is 2.87. The van der Waals surface area contributed by atoms with E-state index in [0.717, 1.165) is 28.0 Å². The molecule has 0 amide bonds. The topological polar surface area (TPSA) is 68.9 Å². The van der Waals surface area contributed by atoms with Gasteiger partial charge in [-0.25, -0.2) is 9.97 Å². The predicted octanol–water partition coefficient (Wildman–Crippen LogP) is 3.51. The van der Waals surface area contributed by atoms with E-state index in [9.17, 15) is 10.1 Å².